The van der Waals surface area contributed by atoms with Crippen molar-refractivity contribution in [3.8, 4) is 0 Å². The third-order valence-electron chi connectivity index (χ3n) is 2.26. The highest BCUT2D eigenvalue weighted by atomic mass is 15.0. The summed E-state index contributed by atoms with van der Waals surface area (Å²) in [5.41, 5.74) is 2.28. The minimum atomic E-state index is 0.857. The zero-order valence-corrected chi connectivity index (χ0v) is 9.77. The Labute approximate surface area is 92.2 Å². The Balaban J connectivity index is 2.45. The quantitative estimate of drug-likeness (QED) is 0.533. The highest BCUT2D eigenvalue weighted by Gasteiger charge is 1.93. The molecule has 0 atom stereocenters. The van der Waals surface area contributed by atoms with Gasteiger partial charge in [0.2, 0.25) is 0 Å². The average molecular weight is 210 g/mol. The van der Waals surface area contributed by atoms with E-state index in [0.29, 0.717) is 0 Å². The van der Waals surface area contributed by atoms with Crippen LogP contribution in [-0.4, -0.2) is 45.0 Å². The van der Waals surface area contributed by atoms with Crippen LogP contribution in [-0.2, 0) is 0 Å². The summed E-state index contributed by atoms with van der Waals surface area (Å²) < 4.78 is 0. The molecule has 0 aliphatic carbocycles. The van der Waals surface area contributed by atoms with Gasteiger partial charge in [-0.15, -0.1) is 0 Å². The molecule has 0 aromatic heterocycles. The lowest BCUT2D eigenvalue weighted by Crippen LogP contribution is -2.32. The summed E-state index contributed by atoms with van der Waals surface area (Å²) in [7, 11) is 0. The van der Waals surface area contributed by atoms with Crippen molar-refractivity contribution in [3.05, 3.63) is 11.8 Å². The summed E-state index contributed by atoms with van der Waals surface area (Å²) in [6, 6.07) is 0. The molecule has 0 spiro atoms. The SMILES string of the molecule is CC1=NCCNCCNCCN/C(C)=C/1. The predicted octanol–water partition coefficient (Wildman–Crippen LogP) is 0.134. The Bertz CT molecular complexity index is 233. The van der Waals surface area contributed by atoms with Crippen LogP contribution in [0.3, 0.4) is 0 Å². The maximum absolute atomic E-state index is 4.46. The highest BCUT2D eigenvalue weighted by molar-refractivity contribution is 5.93. The Hall–Kier alpha value is -0.870. The fourth-order valence-electron chi connectivity index (χ4n) is 1.50. The lowest BCUT2D eigenvalue weighted by Gasteiger charge is -2.07. The third-order valence-corrected chi connectivity index (χ3v) is 2.26. The average Bonchev–Trinajstić information content (AvgIpc) is 2.21. The van der Waals surface area contributed by atoms with Crippen molar-refractivity contribution in [2.75, 3.05) is 39.3 Å². The summed E-state index contributed by atoms with van der Waals surface area (Å²) in [4.78, 5) is 4.46. The zero-order valence-electron chi connectivity index (χ0n) is 9.77. The van der Waals surface area contributed by atoms with E-state index in [4.69, 9.17) is 0 Å². The molecule has 15 heavy (non-hydrogen) atoms. The molecule has 1 rings (SSSR count). The molecule has 1 aliphatic rings. The van der Waals surface area contributed by atoms with E-state index in [-0.39, 0.29) is 0 Å². The number of nitrogens with one attached hydrogen (secondary N) is 3. The Morgan fingerprint density at radius 3 is 2.47 bits per heavy atom. The van der Waals surface area contributed by atoms with Crippen molar-refractivity contribution in [3.63, 3.8) is 0 Å². The van der Waals surface area contributed by atoms with Crippen LogP contribution in [0.1, 0.15) is 13.8 Å². The van der Waals surface area contributed by atoms with Gasteiger partial charge in [-0.2, -0.15) is 0 Å². The first kappa shape index (κ1) is 12.2. The summed E-state index contributed by atoms with van der Waals surface area (Å²) >= 11 is 0. The summed E-state index contributed by atoms with van der Waals surface area (Å²) in [6.45, 7) is 9.95. The smallest absolute Gasteiger partial charge is 0.0517 e. The van der Waals surface area contributed by atoms with Crippen molar-refractivity contribution in [1.29, 1.82) is 0 Å². The van der Waals surface area contributed by atoms with E-state index in [1.165, 1.54) is 5.70 Å². The molecule has 3 N–H and O–H groups in total. The largest absolute Gasteiger partial charge is 0.387 e. The number of nitrogens with zero attached hydrogens (tertiary/aromatic N) is 1. The van der Waals surface area contributed by atoms with E-state index in [0.717, 1.165) is 45.0 Å². The Kier molecular flexibility index (Phi) is 6.04. The van der Waals surface area contributed by atoms with Crippen molar-refractivity contribution < 1.29 is 0 Å². The molecule has 0 fully saturated rings. The Morgan fingerprint density at radius 1 is 1.00 bits per heavy atom. The van der Waals surface area contributed by atoms with Crippen LogP contribution in [0.5, 0.6) is 0 Å². The van der Waals surface area contributed by atoms with E-state index in [2.05, 4.69) is 33.9 Å². The van der Waals surface area contributed by atoms with Gasteiger partial charge in [0.05, 0.1) is 6.54 Å². The van der Waals surface area contributed by atoms with Gasteiger partial charge in [-0.25, -0.2) is 0 Å². The zero-order chi connectivity index (χ0) is 10.9. The van der Waals surface area contributed by atoms with Crippen LogP contribution < -0.4 is 16.0 Å². The lowest BCUT2D eigenvalue weighted by molar-refractivity contribution is 0.604. The van der Waals surface area contributed by atoms with Gasteiger partial charge in [0.25, 0.3) is 0 Å². The van der Waals surface area contributed by atoms with Gasteiger partial charge < -0.3 is 16.0 Å². The normalized spacial score (nSPS) is 24.7. The number of allylic oxidation sites excluding steroid dienone is 2. The standard InChI is InChI=1S/C11H22N4/c1-10-9-11(2)15-8-6-13-4-3-12-5-7-14-10/h9,12-14H,3-8H2,1-2H3/b10-9+,15-11?. The Morgan fingerprint density at radius 2 is 1.67 bits per heavy atom. The van der Waals surface area contributed by atoms with Crippen molar-refractivity contribution in [2.24, 2.45) is 4.99 Å². The van der Waals surface area contributed by atoms with Crippen LogP contribution in [0.2, 0.25) is 0 Å². The molecule has 86 valence electrons. The molecule has 0 bridgehead atoms. The minimum absolute atomic E-state index is 0.857. The molecule has 0 saturated heterocycles. The topological polar surface area (TPSA) is 48.5 Å². The molecule has 0 amide bonds. The van der Waals surface area contributed by atoms with Crippen molar-refractivity contribution in [2.45, 2.75) is 13.8 Å². The van der Waals surface area contributed by atoms with Gasteiger partial charge in [0.15, 0.2) is 0 Å². The van der Waals surface area contributed by atoms with Gasteiger partial charge in [0.1, 0.15) is 0 Å². The van der Waals surface area contributed by atoms with Gasteiger partial charge in [-0.05, 0) is 19.9 Å². The van der Waals surface area contributed by atoms with Crippen LogP contribution in [0, 0.1) is 0 Å². The van der Waals surface area contributed by atoms with Gasteiger partial charge >= 0.3 is 0 Å². The second-order valence-electron chi connectivity index (χ2n) is 3.78. The van der Waals surface area contributed by atoms with Gasteiger partial charge in [-0.3, -0.25) is 4.99 Å². The fourth-order valence-corrected chi connectivity index (χ4v) is 1.50. The first-order valence-electron chi connectivity index (χ1n) is 5.63. The molecular weight excluding hydrogens is 188 g/mol. The van der Waals surface area contributed by atoms with Crippen LogP contribution >= 0.6 is 0 Å². The summed E-state index contributed by atoms with van der Waals surface area (Å²) in [6.07, 6.45) is 2.10. The molecule has 1 heterocycles. The molecule has 0 radical (unpaired) electrons. The molecule has 4 nitrogen and oxygen atoms in total. The number of rotatable bonds is 0. The fraction of sp³-hybridized carbons (Fsp3) is 0.727. The van der Waals surface area contributed by atoms with Crippen LogP contribution in [0.25, 0.3) is 0 Å². The minimum Gasteiger partial charge on any atom is -0.387 e. The van der Waals surface area contributed by atoms with Crippen LogP contribution in [0.15, 0.2) is 16.8 Å². The number of aliphatic imine (C=N–C) groups is 1. The van der Waals surface area contributed by atoms with Gasteiger partial charge in [-0.1, -0.05) is 0 Å². The van der Waals surface area contributed by atoms with Crippen LogP contribution in [0.4, 0.5) is 0 Å². The molecular formula is C11H22N4. The maximum atomic E-state index is 4.46. The van der Waals surface area contributed by atoms with E-state index in [1.807, 2.05) is 6.92 Å². The molecule has 0 aromatic rings. The monoisotopic (exact) mass is 210 g/mol. The second-order valence-corrected chi connectivity index (χ2v) is 3.78. The van der Waals surface area contributed by atoms with E-state index in [9.17, 15) is 0 Å². The highest BCUT2D eigenvalue weighted by Crippen LogP contribution is 1.89. The number of hydrogen-bond acceptors (Lipinski definition) is 4. The summed E-state index contributed by atoms with van der Waals surface area (Å²) in [5.74, 6) is 0. The molecule has 1 aliphatic heterocycles. The number of hydrogen-bond donors (Lipinski definition) is 3. The first-order valence-corrected chi connectivity index (χ1v) is 5.63. The molecule has 0 unspecified atom stereocenters. The molecule has 4 heteroatoms. The van der Waals surface area contributed by atoms with E-state index < -0.39 is 0 Å². The van der Waals surface area contributed by atoms with E-state index in [1.54, 1.807) is 0 Å². The third kappa shape index (κ3) is 6.25. The maximum Gasteiger partial charge on any atom is 0.0517 e. The lowest BCUT2D eigenvalue weighted by atomic mass is 10.3. The molecule has 0 saturated carbocycles. The predicted molar refractivity (Wildman–Crippen MR) is 65.5 cm³/mol. The molecule has 0 aromatic carbocycles. The summed E-state index contributed by atoms with van der Waals surface area (Å²) in [5, 5.41) is 10.1. The van der Waals surface area contributed by atoms with E-state index >= 15 is 0 Å². The van der Waals surface area contributed by atoms with Crippen molar-refractivity contribution in [1.82, 2.24) is 16.0 Å². The van der Waals surface area contributed by atoms with Crippen molar-refractivity contribution >= 4 is 5.71 Å². The van der Waals surface area contributed by atoms with Gasteiger partial charge in [0, 0.05) is 44.1 Å². The second kappa shape index (κ2) is 7.43. The first-order chi connectivity index (χ1) is 7.29.